The van der Waals surface area contributed by atoms with Gasteiger partial charge in [0.05, 0.1) is 6.61 Å². The van der Waals surface area contributed by atoms with Crippen molar-refractivity contribution in [2.45, 2.75) is 20.0 Å². The summed E-state index contributed by atoms with van der Waals surface area (Å²) in [4.78, 5) is 23.7. The fourth-order valence-electron chi connectivity index (χ4n) is 1.92. The molecular weight excluding hydrogens is 270 g/mol. The lowest BCUT2D eigenvalue weighted by molar-refractivity contribution is -0.128. The van der Waals surface area contributed by atoms with E-state index in [4.69, 9.17) is 4.74 Å². The number of nitrogens with one attached hydrogen (secondary N) is 3. The zero-order valence-electron chi connectivity index (χ0n) is 12.3. The molecule has 1 fully saturated rings. The number of rotatable bonds is 4. The maximum absolute atomic E-state index is 12.0. The lowest BCUT2D eigenvalue weighted by Crippen LogP contribution is -2.45. The van der Waals surface area contributed by atoms with Crippen LogP contribution >= 0.6 is 0 Å². The van der Waals surface area contributed by atoms with Crippen LogP contribution in [-0.2, 0) is 14.3 Å². The van der Waals surface area contributed by atoms with Gasteiger partial charge in [-0.1, -0.05) is 19.9 Å². The predicted octanol–water partition coefficient (Wildman–Crippen LogP) is 1.21. The zero-order chi connectivity index (χ0) is 15.2. The first-order valence-electron chi connectivity index (χ1n) is 7.10. The SMILES string of the molecule is CC(C)C(=O)Nc1cccc(NC(=O)C2CNCCO2)c1. The topological polar surface area (TPSA) is 79.5 Å². The molecule has 0 aliphatic carbocycles. The Labute approximate surface area is 124 Å². The monoisotopic (exact) mass is 291 g/mol. The molecule has 0 saturated carbocycles. The maximum Gasteiger partial charge on any atom is 0.254 e. The molecular formula is C15H21N3O3. The van der Waals surface area contributed by atoms with Crippen molar-refractivity contribution in [1.82, 2.24) is 5.32 Å². The molecule has 114 valence electrons. The Morgan fingerprint density at radius 2 is 2.00 bits per heavy atom. The predicted molar refractivity (Wildman–Crippen MR) is 81.1 cm³/mol. The lowest BCUT2D eigenvalue weighted by atomic mass is 10.2. The molecule has 0 spiro atoms. The molecule has 1 unspecified atom stereocenters. The third-order valence-corrected chi connectivity index (χ3v) is 3.14. The van der Waals surface area contributed by atoms with Gasteiger partial charge in [0.15, 0.2) is 0 Å². The highest BCUT2D eigenvalue weighted by atomic mass is 16.5. The van der Waals surface area contributed by atoms with Crippen LogP contribution in [0, 0.1) is 5.92 Å². The van der Waals surface area contributed by atoms with Crippen LogP contribution in [-0.4, -0.2) is 37.6 Å². The van der Waals surface area contributed by atoms with E-state index in [1.165, 1.54) is 0 Å². The Morgan fingerprint density at radius 3 is 2.62 bits per heavy atom. The number of anilines is 2. The Balaban J connectivity index is 1.97. The molecule has 6 heteroatoms. The van der Waals surface area contributed by atoms with Crippen LogP contribution in [0.4, 0.5) is 11.4 Å². The number of amides is 2. The number of ether oxygens (including phenoxy) is 1. The van der Waals surface area contributed by atoms with E-state index in [0.717, 1.165) is 6.54 Å². The number of carbonyl (C=O) groups is 2. The van der Waals surface area contributed by atoms with Gasteiger partial charge < -0.3 is 20.7 Å². The molecule has 1 saturated heterocycles. The number of hydrogen-bond acceptors (Lipinski definition) is 4. The molecule has 0 bridgehead atoms. The third-order valence-electron chi connectivity index (χ3n) is 3.14. The molecule has 0 radical (unpaired) electrons. The summed E-state index contributed by atoms with van der Waals surface area (Å²) in [5.41, 5.74) is 1.30. The molecule has 1 aliphatic heterocycles. The van der Waals surface area contributed by atoms with E-state index in [1.54, 1.807) is 24.3 Å². The van der Waals surface area contributed by atoms with Gasteiger partial charge in [-0.25, -0.2) is 0 Å². The number of carbonyl (C=O) groups excluding carboxylic acids is 2. The quantitative estimate of drug-likeness (QED) is 0.779. The van der Waals surface area contributed by atoms with Gasteiger partial charge in [-0.2, -0.15) is 0 Å². The van der Waals surface area contributed by atoms with Crippen LogP contribution in [0.15, 0.2) is 24.3 Å². The summed E-state index contributed by atoms with van der Waals surface area (Å²) in [6, 6.07) is 7.08. The highest BCUT2D eigenvalue weighted by molar-refractivity contribution is 5.96. The highest BCUT2D eigenvalue weighted by Gasteiger charge is 2.21. The average Bonchev–Trinajstić information content (AvgIpc) is 2.48. The van der Waals surface area contributed by atoms with Gasteiger partial charge in [0.2, 0.25) is 5.91 Å². The van der Waals surface area contributed by atoms with Crippen molar-refractivity contribution in [1.29, 1.82) is 0 Å². The van der Waals surface area contributed by atoms with Gasteiger partial charge in [0.1, 0.15) is 6.10 Å². The summed E-state index contributed by atoms with van der Waals surface area (Å²) in [6.07, 6.45) is -0.479. The second kappa shape index (κ2) is 7.19. The molecule has 2 amide bonds. The maximum atomic E-state index is 12.0. The van der Waals surface area contributed by atoms with E-state index in [0.29, 0.717) is 24.5 Å². The van der Waals surface area contributed by atoms with Gasteiger partial charge in [0.25, 0.3) is 5.91 Å². The van der Waals surface area contributed by atoms with E-state index in [9.17, 15) is 9.59 Å². The minimum absolute atomic E-state index is 0.0571. The number of benzene rings is 1. The Kier molecular flexibility index (Phi) is 5.30. The van der Waals surface area contributed by atoms with Crippen LogP contribution in [0.3, 0.4) is 0 Å². The summed E-state index contributed by atoms with van der Waals surface area (Å²) in [5.74, 6) is -0.335. The van der Waals surface area contributed by atoms with Gasteiger partial charge in [-0.15, -0.1) is 0 Å². The lowest BCUT2D eigenvalue weighted by Gasteiger charge is -2.22. The van der Waals surface area contributed by atoms with Crippen LogP contribution in [0.1, 0.15) is 13.8 Å². The Hall–Kier alpha value is -1.92. The minimum atomic E-state index is -0.479. The van der Waals surface area contributed by atoms with Crippen molar-refractivity contribution in [2.75, 3.05) is 30.3 Å². The second-order valence-electron chi connectivity index (χ2n) is 5.28. The Morgan fingerprint density at radius 1 is 1.29 bits per heavy atom. The normalized spacial score (nSPS) is 18.3. The van der Waals surface area contributed by atoms with Crippen molar-refractivity contribution in [3.63, 3.8) is 0 Å². The van der Waals surface area contributed by atoms with E-state index < -0.39 is 6.10 Å². The smallest absolute Gasteiger partial charge is 0.254 e. The minimum Gasteiger partial charge on any atom is -0.366 e. The fourth-order valence-corrected chi connectivity index (χ4v) is 1.92. The molecule has 2 rings (SSSR count). The van der Waals surface area contributed by atoms with E-state index >= 15 is 0 Å². The fraction of sp³-hybridized carbons (Fsp3) is 0.467. The van der Waals surface area contributed by atoms with Crippen molar-refractivity contribution in [3.8, 4) is 0 Å². The van der Waals surface area contributed by atoms with Gasteiger partial charge in [-0.05, 0) is 18.2 Å². The van der Waals surface area contributed by atoms with Crippen molar-refractivity contribution >= 4 is 23.2 Å². The molecule has 1 aliphatic rings. The van der Waals surface area contributed by atoms with Crippen LogP contribution in [0.25, 0.3) is 0 Å². The molecule has 0 aromatic heterocycles. The van der Waals surface area contributed by atoms with E-state index in [1.807, 2.05) is 13.8 Å². The molecule has 1 heterocycles. The average molecular weight is 291 g/mol. The summed E-state index contributed by atoms with van der Waals surface area (Å²) < 4.78 is 5.39. The van der Waals surface area contributed by atoms with Crippen LogP contribution < -0.4 is 16.0 Å². The summed E-state index contributed by atoms with van der Waals surface area (Å²) in [6.45, 7) is 5.46. The number of morpholine rings is 1. The summed E-state index contributed by atoms with van der Waals surface area (Å²) in [7, 11) is 0. The van der Waals surface area contributed by atoms with Crippen molar-refractivity contribution < 1.29 is 14.3 Å². The first kappa shape index (κ1) is 15.5. The largest absolute Gasteiger partial charge is 0.366 e. The molecule has 1 aromatic rings. The van der Waals surface area contributed by atoms with E-state index in [2.05, 4.69) is 16.0 Å². The molecule has 21 heavy (non-hydrogen) atoms. The molecule has 1 aromatic carbocycles. The van der Waals surface area contributed by atoms with Gasteiger partial charge in [-0.3, -0.25) is 9.59 Å². The Bertz CT molecular complexity index is 511. The standard InChI is InChI=1S/C15H21N3O3/c1-10(2)14(19)17-11-4-3-5-12(8-11)18-15(20)13-9-16-6-7-21-13/h3-5,8,10,13,16H,6-7,9H2,1-2H3,(H,17,19)(H,18,20). The van der Waals surface area contributed by atoms with Crippen molar-refractivity contribution in [3.05, 3.63) is 24.3 Å². The van der Waals surface area contributed by atoms with Crippen LogP contribution in [0.2, 0.25) is 0 Å². The van der Waals surface area contributed by atoms with Crippen LogP contribution in [0.5, 0.6) is 0 Å². The van der Waals surface area contributed by atoms with Gasteiger partial charge in [0, 0.05) is 30.4 Å². The second-order valence-corrected chi connectivity index (χ2v) is 5.28. The highest BCUT2D eigenvalue weighted by Crippen LogP contribution is 2.16. The van der Waals surface area contributed by atoms with E-state index in [-0.39, 0.29) is 17.7 Å². The first-order valence-corrected chi connectivity index (χ1v) is 7.10. The molecule has 3 N–H and O–H groups in total. The zero-order valence-corrected chi connectivity index (χ0v) is 12.3. The summed E-state index contributed by atoms with van der Waals surface area (Å²) >= 11 is 0. The summed E-state index contributed by atoms with van der Waals surface area (Å²) in [5, 5.41) is 8.71. The molecule has 6 nitrogen and oxygen atoms in total. The number of hydrogen-bond donors (Lipinski definition) is 3. The molecule has 1 atom stereocenters. The third kappa shape index (κ3) is 4.54. The first-order chi connectivity index (χ1) is 10.1. The van der Waals surface area contributed by atoms with Gasteiger partial charge >= 0.3 is 0 Å². The van der Waals surface area contributed by atoms with Crippen molar-refractivity contribution in [2.24, 2.45) is 5.92 Å².